The second kappa shape index (κ2) is 6.56. The Morgan fingerprint density at radius 3 is 2.52 bits per heavy atom. The zero-order valence-electron chi connectivity index (χ0n) is 13.4. The summed E-state index contributed by atoms with van der Waals surface area (Å²) in [6.45, 7) is 9.20. The SMILES string of the molecule is CCCNc1cc(Nc2cn(C)nc2C)nc(C(C)C)n1. The summed E-state index contributed by atoms with van der Waals surface area (Å²) >= 11 is 0. The molecule has 0 aliphatic rings. The summed E-state index contributed by atoms with van der Waals surface area (Å²) in [4.78, 5) is 9.14. The van der Waals surface area contributed by atoms with E-state index in [1.165, 1.54) is 0 Å². The fourth-order valence-electron chi connectivity index (χ4n) is 1.99. The molecule has 0 saturated carbocycles. The molecule has 0 atom stereocenters. The van der Waals surface area contributed by atoms with Crippen LogP contribution in [0.2, 0.25) is 0 Å². The Labute approximate surface area is 126 Å². The molecule has 6 nitrogen and oxygen atoms in total. The first kappa shape index (κ1) is 15.3. The van der Waals surface area contributed by atoms with Crippen molar-refractivity contribution in [1.29, 1.82) is 0 Å². The van der Waals surface area contributed by atoms with Crippen LogP contribution < -0.4 is 10.6 Å². The van der Waals surface area contributed by atoms with Crippen LogP contribution in [0.25, 0.3) is 0 Å². The number of aromatic nitrogens is 4. The number of hydrogen-bond acceptors (Lipinski definition) is 5. The molecule has 0 fully saturated rings. The minimum atomic E-state index is 0.281. The normalized spacial score (nSPS) is 11.0. The van der Waals surface area contributed by atoms with Crippen LogP contribution in [0.1, 0.15) is 44.6 Å². The van der Waals surface area contributed by atoms with E-state index in [0.717, 1.165) is 41.8 Å². The fourth-order valence-corrected chi connectivity index (χ4v) is 1.99. The van der Waals surface area contributed by atoms with Gasteiger partial charge in [-0.25, -0.2) is 9.97 Å². The van der Waals surface area contributed by atoms with Gasteiger partial charge in [0, 0.05) is 31.8 Å². The van der Waals surface area contributed by atoms with Gasteiger partial charge in [0.15, 0.2) is 0 Å². The summed E-state index contributed by atoms with van der Waals surface area (Å²) in [5.74, 6) is 2.77. The van der Waals surface area contributed by atoms with Crippen molar-refractivity contribution in [2.24, 2.45) is 7.05 Å². The molecule has 0 amide bonds. The number of anilines is 3. The Balaban J connectivity index is 2.28. The van der Waals surface area contributed by atoms with Gasteiger partial charge >= 0.3 is 0 Å². The molecule has 0 radical (unpaired) electrons. The summed E-state index contributed by atoms with van der Waals surface area (Å²) < 4.78 is 1.79. The Bertz CT molecular complexity index is 602. The Kier molecular flexibility index (Phi) is 4.77. The van der Waals surface area contributed by atoms with Crippen molar-refractivity contribution in [1.82, 2.24) is 19.7 Å². The van der Waals surface area contributed by atoms with Gasteiger partial charge in [0.1, 0.15) is 17.5 Å². The molecule has 0 aliphatic carbocycles. The average molecular weight is 288 g/mol. The summed E-state index contributed by atoms with van der Waals surface area (Å²) in [5.41, 5.74) is 1.91. The first-order chi connectivity index (χ1) is 9.99. The summed E-state index contributed by atoms with van der Waals surface area (Å²) in [5, 5.41) is 11.0. The van der Waals surface area contributed by atoms with E-state index in [1.807, 2.05) is 26.2 Å². The molecule has 21 heavy (non-hydrogen) atoms. The third kappa shape index (κ3) is 3.93. The quantitative estimate of drug-likeness (QED) is 0.854. The molecule has 2 heterocycles. The lowest BCUT2D eigenvalue weighted by molar-refractivity contribution is 0.756. The smallest absolute Gasteiger partial charge is 0.136 e. The molecule has 2 aromatic heterocycles. The van der Waals surface area contributed by atoms with Gasteiger partial charge in [-0.1, -0.05) is 20.8 Å². The summed E-state index contributed by atoms with van der Waals surface area (Å²) in [6.07, 6.45) is 3.01. The highest BCUT2D eigenvalue weighted by atomic mass is 15.3. The van der Waals surface area contributed by atoms with Crippen molar-refractivity contribution in [3.63, 3.8) is 0 Å². The van der Waals surface area contributed by atoms with Gasteiger partial charge in [-0.2, -0.15) is 5.10 Å². The Morgan fingerprint density at radius 1 is 1.24 bits per heavy atom. The number of nitrogens with zero attached hydrogens (tertiary/aromatic N) is 4. The Morgan fingerprint density at radius 2 is 1.95 bits per heavy atom. The molecular formula is C15H24N6. The van der Waals surface area contributed by atoms with Gasteiger partial charge in [0.2, 0.25) is 0 Å². The van der Waals surface area contributed by atoms with E-state index in [9.17, 15) is 0 Å². The highest BCUT2D eigenvalue weighted by Crippen LogP contribution is 2.22. The van der Waals surface area contributed by atoms with E-state index < -0.39 is 0 Å². The highest BCUT2D eigenvalue weighted by Gasteiger charge is 2.10. The average Bonchev–Trinajstić information content (AvgIpc) is 2.74. The molecule has 0 spiro atoms. The summed E-state index contributed by atoms with van der Waals surface area (Å²) in [6, 6.07) is 1.94. The first-order valence-electron chi connectivity index (χ1n) is 7.39. The molecule has 6 heteroatoms. The second-order valence-electron chi connectivity index (χ2n) is 5.50. The van der Waals surface area contributed by atoms with Crippen LogP contribution in [0.4, 0.5) is 17.3 Å². The molecule has 2 N–H and O–H groups in total. The molecule has 2 rings (SSSR count). The van der Waals surface area contributed by atoms with Gasteiger partial charge in [0.05, 0.1) is 11.4 Å². The molecule has 0 bridgehead atoms. The van der Waals surface area contributed by atoms with Crippen LogP contribution in [0.15, 0.2) is 12.3 Å². The van der Waals surface area contributed by atoms with Crippen LogP contribution in [-0.2, 0) is 7.05 Å². The lowest BCUT2D eigenvalue weighted by atomic mass is 10.2. The first-order valence-corrected chi connectivity index (χ1v) is 7.39. The third-order valence-corrected chi connectivity index (χ3v) is 3.09. The van der Waals surface area contributed by atoms with E-state index in [1.54, 1.807) is 4.68 Å². The molecule has 114 valence electrons. The number of hydrogen-bond donors (Lipinski definition) is 2. The standard InChI is InChI=1S/C15H24N6/c1-6-7-16-13-8-14(19-15(18-13)10(2)3)17-12-9-21(5)20-11(12)4/h8-10H,6-7H2,1-5H3,(H2,16,17,18,19). The van der Waals surface area contributed by atoms with Crippen LogP contribution in [0.3, 0.4) is 0 Å². The van der Waals surface area contributed by atoms with Gasteiger partial charge in [-0.3, -0.25) is 4.68 Å². The van der Waals surface area contributed by atoms with E-state index in [2.05, 4.69) is 46.5 Å². The Hall–Kier alpha value is -2.11. The third-order valence-electron chi connectivity index (χ3n) is 3.09. The van der Waals surface area contributed by atoms with Crippen molar-refractivity contribution in [3.8, 4) is 0 Å². The number of aryl methyl sites for hydroxylation is 2. The van der Waals surface area contributed by atoms with E-state index in [0.29, 0.717) is 0 Å². The van der Waals surface area contributed by atoms with Gasteiger partial charge in [-0.05, 0) is 13.3 Å². The molecule has 0 aliphatic heterocycles. The fraction of sp³-hybridized carbons (Fsp3) is 0.533. The largest absolute Gasteiger partial charge is 0.370 e. The topological polar surface area (TPSA) is 67.7 Å². The monoisotopic (exact) mass is 288 g/mol. The number of rotatable bonds is 6. The van der Waals surface area contributed by atoms with E-state index >= 15 is 0 Å². The molecule has 2 aromatic rings. The van der Waals surface area contributed by atoms with Gasteiger partial charge in [0.25, 0.3) is 0 Å². The zero-order valence-corrected chi connectivity index (χ0v) is 13.4. The van der Waals surface area contributed by atoms with Crippen LogP contribution in [0, 0.1) is 6.92 Å². The molecule has 0 unspecified atom stereocenters. The van der Waals surface area contributed by atoms with Crippen LogP contribution in [0.5, 0.6) is 0 Å². The zero-order chi connectivity index (χ0) is 15.4. The molecule has 0 saturated heterocycles. The lowest BCUT2D eigenvalue weighted by Crippen LogP contribution is -2.08. The van der Waals surface area contributed by atoms with Gasteiger partial charge in [-0.15, -0.1) is 0 Å². The van der Waals surface area contributed by atoms with Crippen molar-refractivity contribution >= 4 is 17.3 Å². The minimum Gasteiger partial charge on any atom is -0.370 e. The highest BCUT2D eigenvalue weighted by molar-refractivity contribution is 5.60. The second-order valence-corrected chi connectivity index (χ2v) is 5.50. The number of nitrogens with one attached hydrogen (secondary N) is 2. The van der Waals surface area contributed by atoms with Crippen molar-refractivity contribution in [3.05, 3.63) is 23.8 Å². The lowest BCUT2D eigenvalue weighted by Gasteiger charge is -2.12. The van der Waals surface area contributed by atoms with Gasteiger partial charge < -0.3 is 10.6 Å². The maximum Gasteiger partial charge on any atom is 0.136 e. The van der Waals surface area contributed by atoms with Crippen LogP contribution >= 0.6 is 0 Å². The maximum atomic E-state index is 4.59. The van der Waals surface area contributed by atoms with Crippen molar-refractivity contribution in [2.45, 2.75) is 40.0 Å². The van der Waals surface area contributed by atoms with E-state index in [4.69, 9.17) is 0 Å². The maximum absolute atomic E-state index is 4.59. The van der Waals surface area contributed by atoms with Crippen molar-refractivity contribution in [2.75, 3.05) is 17.2 Å². The molecular weight excluding hydrogens is 264 g/mol. The predicted octanol–water partition coefficient (Wildman–Crippen LogP) is 3.21. The van der Waals surface area contributed by atoms with Crippen LogP contribution in [-0.4, -0.2) is 26.3 Å². The predicted molar refractivity (Wildman–Crippen MR) is 86.1 cm³/mol. The minimum absolute atomic E-state index is 0.281. The summed E-state index contributed by atoms with van der Waals surface area (Å²) in [7, 11) is 1.91. The van der Waals surface area contributed by atoms with E-state index in [-0.39, 0.29) is 5.92 Å². The van der Waals surface area contributed by atoms with Crippen molar-refractivity contribution < 1.29 is 0 Å². The molecule has 0 aromatic carbocycles.